The van der Waals surface area contributed by atoms with E-state index in [2.05, 4.69) is 15.4 Å². The molecule has 2 saturated carbocycles. The normalized spacial score (nSPS) is 28.6. The van der Waals surface area contributed by atoms with E-state index in [9.17, 15) is 37.2 Å². The lowest BCUT2D eigenvalue weighted by atomic mass is 10.0. The summed E-state index contributed by atoms with van der Waals surface area (Å²) in [6.45, 7) is 1.43. The Morgan fingerprint density at radius 2 is 1.78 bits per heavy atom. The summed E-state index contributed by atoms with van der Waals surface area (Å²) >= 11 is 6.37. The predicted octanol–water partition coefficient (Wildman–Crippen LogP) is 2.10. The van der Waals surface area contributed by atoms with Crippen molar-refractivity contribution < 1.29 is 32.3 Å². The van der Waals surface area contributed by atoms with E-state index < -0.39 is 79.6 Å². The van der Waals surface area contributed by atoms with Crippen molar-refractivity contribution in [3.63, 3.8) is 0 Å². The Balaban J connectivity index is 1.08. The molecule has 0 aromatic heterocycles. The minimum atomic E-state index is -3.92. The van der Waals surface area contributed by atoms with Crippen molar-refractivity contribution in [3.05, 3.63) is 61.4 Å². The van der Waals surface area contributed by atoms with Gasteiger partial charge in [-0.1, -0.05) is 42.7 Å². The third-order valence-corrected chi connectivity index (χ3v) is 13.9. The van der Waals surface area contributed by atoms with E-state index in [1.807, 2.05) is 12.2 Å². The highest BCUT2D eigenvalue weighted by Gasteiger charge is 2.62. The summed E-state index contributed by atoms with van der Waals surface area (Å²) in [5, 5.41) is 5.78. The van der Waals surface area contributed by atoms with Crippen LogP contribution in [0.3, 0.4) is 0 Å². The van der Waals surface area contributed by atoms with Crippen LogP contribution in [-0.2, 0) is 35.6 Å². The molecule has 8 rings (SSSR count). The number of hydrogen-bond acceptors (Lipinski definition) is 11. The van der Waals surface area contributed by atoms with Crippen molar-refractivity contribution >= 4 is 62.5 Å². The molecule has 2 aromatic carbocycles. The fourth-order valence-corrected chi connectivity index (χ4v) is 9.79. The van der Waals surface area contributed by atoms with Crippen LogP contribution >= 0.6 is 11.6 Å². The smallest absolute Gasteiger partial charge is 0.414 e. The largest absolute Gasteiger partial charge is 0.444 e. The molecule has 15 nitrogen and oxygen atoms in total. The molecule has 4 heterocycles. The highest BCUT2D eigenvalue weighted by molar-refractivity contribution is 7.91. The minimum Gasteiger partial charge on any atom is -0.444 e. The monoisotopic (exact) mass is 782 g/mol. The lowest BCUT2D eigenvalue weighted by Crippen LogP contribution is -2.58. The summed E-state index contributed by atoms with van der Waals surface area (Å²) in [7, 11) is -3.92. The molecule has 17 heteroatoms. The van der Waals surface area contributed by atoms with Crippen molar-refractivity contribution in [2.24, 2.45) is 5.92 Å². The predicted molar refractivity (Wildman–Crippen MR) is 200 cm³/mol. The number of sulfonamides is 1. The van der Waals surface area contributed by atoms with Crippen molar-refractivity contribution in [1.29, 1.82) is 0 Å². The topological polar surface area (TPSA) is 192 Å². The van der Waals surface area contributed by atoms with Crippen LogP contribution < -0.4 is 36.0 Å². The first-order valence-electron chi connectivity index (χ1n) is 18.8. The zero-order chi connectivity index (χ0) is 37.9. The number of carbonyl (C=O) groups is 4. The molecule has 2 aromatic rings. The molecule has 0 radical (unpaired) electrons. The maximum Gasteiger partial charge on any atom is 0.414 e. The third-order valence-electron chi connectivity index (χ3n) is 11.7. The maximum absolute atomic E-state index is 14.6. The molecule has 3 N–H and O–H groups in total. The number of allylic oxidation sites excluding steroid dienone is 1. The van der Waals surface area contributed by atoms with Gasteiger partial charge in [-0.3, -0.25) is 33.6 Å². The first-order chi connectivity index (χ1) is 25.9. The van der Waals surface area contributed by atoms with E-state index in [1.54, 1.807) is 23.1 Å². The van der Waals surface area contributed by atoms with Gasteiger partial charge in [0.15, 0.2) is 0 Å². The maximum atomic E-state index is 14.6. The summed E-state index contributed by atoms with van der Waals surface area (Å²) in [6.07, 6.45) is 7.63. The quantitative estimate of drug-likeness (QED) is 0.275. The first kappa shape index (κ1) is 36.5. The number of ether oxygens (including phenoxy) is 1. The standard InChI is InChI=1S/C37H43ClN6O9S/c38-25-9-6-11-27-24(25)14-17-43(27)36(50)53-22-18-28-33(47)40-37(35(49)41-54(51,52)23-12-13-23)19-21(37)8-4-2-1-3-5-10-26(34(48)44(28)20-22)39-29-30(32(46)31(29)45)42-15-7-16-42/h4,6,8-9,11,21-23,26,28,39H,1-3,5,7,10,12-20H2,(H,40,47)(H,41,49)/t21-,22-,26+,28+,37-/m1/s1. The number of anilines is 3. The van der Waals surface area contributed by atoms with Gasteiger partial charge in [0.25, 0.3) is 16.8 Å². The van der Waals surface area contributed by atoms with Crippen molar-refractivity contribution in [2.75, 3.05) is 41.3 Å². The van der Waals surface area contributed by atoms with E-state index in [-0.39, 0.29) is 30.8 Å². The van der Waals surface area contributed by atoms with Gasteiger partial charge in [-0.15, -0.1) is 0 Å². The lowest BCUT2D eigenvalue weighted by molar-refractivity contribution is -0.140. The Kier molecular flexibility index (Phi) is 9.47. The van der Waals surface area contributed by atoms with Crippen molar-refractivity contribution in [2.45, 2.75) is 99.6 Å². The second-order valence-corrected chi connectivity index (χ2v) is 17.7. The van der Waals surface area contributed by atoms with E-state index in [4.69, 9.17) is 16.3 Å². The second-order valence-electron chi connectivity index (χ2n) is 15.3. The molecule has 54 heavy (non-hydrogen) atoms. The number of benzene rings is 1. The number of halogens is 1. The number of nitrogens with one attached hydrogen (secondary N) is 3. The van der Waals surface area contributed by atoms with Gasteiger partial charge in [-0.25, -0.2) is 13.2 Å². The van der Waals surface area contributed by atoms with Gasteiger partial charge >= 0.3 is 6.09 Å². The fourth-order valence-electron chi connectivity index (χ4n) is 8.16. The average molecular weight is 783 g/mol. The number of nitrogens with zero attached hydrogens (tertiary/aromatic N) is 3. The molecule has 6 aliphatic rings. The summed E-state index contributed by atoms with van der Waals surface area (Å²) in [5.41, 5.74) is -1.07. The van der Waals surface area contributed by atoms with E-state index >= 15 is 0 Å². The van der Waals surface area contributed by atoms with E-state index in [0.717, 1.165) is 24.8 Å². The summed E-state index contributed by atoms with van der Waals surface area (Å²) < 4.78 is 33.8. The van der Waals surface area contributed by atoms with E-state index in [1.165, 1.54) is 9.80 Å². The van der Waals surface area contributed by atoms with Crippen LogP contribution in [0.2, 0.25) is 5.02 Å². The summed E-state index contributed by atoms with van der Waals surface area (Å²) in [6, 6.07) is 3.06. The second kappa shape index (κ2) is 14.0. The molecule has 4 amide bonds. The van der Waals surface area contributed by atoms with Crippen LogP contribution in [0, 0.1) is 5.92 Å². The minimum absolute atomic E-state index is 0.0850. The molecule has 288 valence electrons. The Morgan fingerprint density at radius 3 is 2.52 bits per heavy atom. The lowest BCUT2D eigenvalue weighted by Gasteiger charge is -2.36. The first-order valence-corrected chi connectivity index (χ1v) is 20.8. The Labute approximate surface area is 317 Å². The van der Waals surface area contributed by atoms with Gasteiger partial charge in [0.2, 0.25) is 21.8 Å². The van der Waals surface area contributed by atoms with Gasteiger partial charge in [0.1, 0.15) is 35.1 Å². The van der Waals surface area contributed by atoms with E-state index in [0.29, 0.717) is 68.9 Å². The number of carbonyl (C=O) groups excluding carboxylic acids is 4. The third kappa shape index (κ3) is 6.65. The van der Waals surface area contributed by atoms with Gasteiger partial charge in [0, 0.05) is 37.0 Å². The number of amides is 4. The zero-order valence-electron chi connectivity index (χ0n) is 29.7. The highest BCUT2D eigenvalue weighted by atomic mass is 35.5. The fraction of sp³-hybridized carbons (Fsp3) is 0.568. The Bertz CT molecular complexity index is 2110. The van der Waals surface area contributed by atoms with Gasteiger partial charge in [-0.2, -0.15) is 0 Å². The summed E-state index contributed by atoms with van der Waals surface area (Å²) in [4.78, 5) is 86.2. The molecule has 4 fully saturated rings. The van der Waals surface area contributed by atoms with Crippen LogP contribution in [-0.4, -0.2) is 92.3 Å². The van der Waals surface area contributed by atoms with Crippen LogP contribution in [0.1, 0.15) is 69.8 Å². The Morgan fingerprint density at radius 1 is 0.981 bits per heavy atom. The number of fused-ring (bicyclic) bond motifs is 3. The average Bonchev–Trinajstić information content (AvgIpc) is 4.01. The molecular weight excluding hydrogens is 740 g/mol. The zero-order valence-corrected chi connectivity index (χ0v) is 31.3. The number of rotatable bonds is 7. The molecule has 0 unspecified atom stereocenters. The molecule has 2 saturated heterocycles. The molecule has 0 spiro atoms. The van der Waals surface area contributed by atoms with Gasteiger partial charge in [-0.05, 0) is 69.1 Å². The number of hydrogen-bond donors (Lipinski definition) is 3. The van der Waals surface area contributed by atoms with Crippen molar-refractivity contribution in [1.82, 2.24) is 14.9 Å². The van der Waals surface area contributed by atoms with Gasteiger partial charge < -0.3 is 25.2 Å². The van der Waals surface area contributed by atoms with Crippen LogP contribution in [0.4, 0.5) is 21.9 Å². The molecular formula is C37H43ClN6O9S. The SMILES string of the molecule is O=C1N[C@]2(C(=O)NS(=O)(=O)C3CC3)C[C@H]2C=CCCCCC[C@H](Nc2c(N3CCC3)c(=O)c2=O)C(=O)N2C[C@H](OC(=O)N3CCc4c(Cl)cccc43)C[C@@H]12. The van der Waals surface area contributed by atoms with Crippen LogP contribution in [0.5, 0.6) is 0 Å². The van der Waals surface area contributed by atoms with Crippen LogP contribution in [0.15, 0.2) is 39.9 Å². The molecule has 4 aliphatic heterocycles. The molecule has 0 bridgehead atoms. The Hall–Kier alpha value is -4.44. The summed E-state index contributed by atoms with van der Waals surface area (Å²) in [5.74, 6) is -2.51. The van der Waals surface area contributed by atoms with Crippen LogP contribution in [0.25, 0.3) is 0 Å². The van der Waals surface area contributed by atoms with Gasteiger partial charge in [0.05, 0.1) is 17.5 Å². The molecule has 2 aliphatic carbocycles. The van der Waals surface area contributed by atoms with Crippen molar-refractivity contribution in [3.8, 4) is 0 Å². The molecule has 5 atom stereocenters. The highest BCUT2D eigenvalue weighted by Crippen LogP contribution is 2.46.